The fourth-order valence-electron chi connectivity index (χ4n) is 1.99. The summed E-state index contributed by atoms with van der Waals surface area (Å²) in [5.74, 6) is 0. The number of hydrogen-bond donors (Lipinski definition) is 2. The number of pyridine rings is 1. The van der Waals surface area contributed by atoms with E-state index in [1.165, 1.54) is 0 Å². The van der Waals surface area contributed by atoms with E-state index in [0.717, 1.165) is 25.1 Å². The van der Waals surface area contributed by atoms with E-state index in [1.807, 2.05) is 6.92 Å². The Balaban J connectivity index is 2.10. The quantitative estimate of drug-likeness (QED) is 0.870. The molecule has 20 heavy (non-hydrogen) atoms. The Bertz CT molecular complexity index is 635. The highest BCUT2D eigenvalue weighted by Crippen LogP contribution is 2.29. The van der Waals surface area contributed by atoms with Gasteiger partial charge in [0.05, 0.1) is 4.90 Å². The van der Waals surface area contributed by atoms with Gasteiger partial charge in [-0.05, 0) is 24.3 Å². The molecule has 8 heteroatoms. The Labute approximate surface area is 122 Å². The average Bonchev–Trinajstić information content (AvgIpc) is 2.41. The van der Waals surface area contributed by atoms with Crippen LogP contribution in [-0.4, -0.2) is 33.2 Å². The predicted molar refractivity (Wildman–Crippen MR) is 75.4 cm³/mol. The maximum atomic E-state index is 12.2. The average molecular weight is 321 g/mol. The number of aromatic amines is 1. The lowest BCUT2D eigenvalue weighted by Crippen LogP contribution is -2.39. The Morgan fingerprint density at radius 2 is 2.10 bits per heavy atom. The van der Waals surface area contributed by atoms with Gasteiger partial charge in [-0.1, -0.05) is 18.5 Å². The minimum atomic E-state index is -3.68. The first kappa shape index (κ1) is 15.5. The number of nitrogens with one attached hydrogen (secondary N) is 2. The topological polar surface area (TPSA) is 88.3 Å². The van der Waals surface area contributed by atoms with Gasteiger partial charge < -0.3 is 9.72 Å². The van der Waals surface area contributed by atoms with Gasteiger partial charge >= 0.3 is 0 Å². The maximum absolute atomic E-state index is 12.2. The predicted octanol–water partition coefficient (Wildman–Crippen LogP) is 1.12. The van der Waals surface area contributed by atoms with Crippen LogP contribution in [0.3, 0.4) is 0 Å². The first-order chi connectivity index (χ1) is 9.32. The first-order valence-corrected chi connectivity index (χ1v) is 8.14. The van der Waals surface area contributed by atoms with Gasteiger partial charge in [-0.25, -0.2) is 13.1 Å². The molecule has 0 saturated carbocycles. The second kappa shape index (κ2) is 5.85. The highest BCUT2D eigenvalue weighted by atomic mass is 35.5. The number of aromatic nitrogens is 1. The van der Waals surface area contributed by atoms with Crippen LogP contribution in [0.2, 0.25) is 5.02 Å². The molecule has 1 aliphatic rings. The summed E-state index contributed by atoms with van der Waals surface area (Å²) in [4.78, 5) is 13.4. The molecule has 0 bridgehead atoms. The van der Waals surface area contributed by atoms with E-state index in [4.69, 9.17) is 16.3 Å². The molecule has 2 rings (SSSR count). The molecule has 112 valence electrons. The van der Waals surface area contributed by atoms with Crippen molar-refractivity contribution in [2.75, 3.05) is 19.8 Å². The molecular formula is C12H17ClN2O4S. The van der Waals surface area contributed by atoms with E-state index in [0.29, 0.717) is 19.8 Å². The van der Waals surface area contributed by atoms with Crippen molar-refractivity contribution in [1.82, 2.24) is 9.71 Å². The summed E-state index contributed by atoms with van der Waals surface area (Å²) in [6.07, 6.45) is 2.76. The zero-order valence-electron chi connectivity index (χ0n) is 11.1. The van der Waals surface area contributed by atoms with Crippen LogP contribution in [0, 0.1) is 5.41 Å². The van der Waals surface area contributed by atoms with Gasteiger partial charge in [-0.15, -0.1) is 0 Å². The number of sulfonamides is 1. The van der Waals surface area contributed by atoms with Gasteiger partial charge in [-0.2, -0.15) is 0 Å². The first-order valence-electron chi connectivity index (χ1n) is 6.28. The van der Waals surface area contributed by atoms with Crippen molar-refractivity contribution in [1.29, 1.82) is 0 Å². The van der Waals surface area contributed by atoms with Crippen LogP contribution < -0.4 is 10.3 Å². The van der Waals surface area contributed by atoms with Gasteiger partial charge in [0.25, 0.3) is 5.56 Å². The van der Waals surface area contributed by atoms with Gasteiger partial charge in [0.1, 0.15) is 5.02 Å². The summed E-state index contributed by atoms with van der Waals surface area (Å²) < 4.78 is 32.2. The van der Waals surface area contributed by atoms with Gasteiger partial charge in [0, 0.05) is 26.0 Å². The van der Waals surface area contributed by atoms with Crippen LogP contribution in [0.25, 0.3) is 0 Å². The van der Waals surface area contributed by atoms with Crippen molar-refractivity contribution in [3.8, 4) is 0 Å². The summed E-state index contributed by atoms with van der Waals surface area (Å²) in [5.41, 5.74) is -0.626. The van der Waals surface area contributed by atoms with E-state index in [2.05, 4.69) is 9.71 Å². The molecule has 1 aliphatic heterocycles. The van der Waals surface area contributed by atoms with E-state index < -0.39 is 15.6 Å². The largest absolute Gasteiger partial charge is 0.381 e. The number of ether oxygens (including phenoxy) is 1. The van der Waals surface area contributed by atoms with Crippen molar-refractivity contribution in [2.24, 2.45) is 5.41 Å². The lowest BCUT2D eigenvalue weighted by molar-refractivity contribution is 0.0264. The summed E-state index contributed by atoms with van der Waals surface area (Å²) >= 11 is 5.64. The molecule has 6 nitrogen and oxygen atoms in total. The Morgan fingerprint density at radius 1 is 1.45 bits per heavy atom. The SMILES string of the molecule is CC1(CNS(=O)(=O)c2c[nH]c(=O)c(Cl)c2)CCOCC1. The van der Waals surface area contributed by atoms with E-state index in [1.54, 1.807) is 0 Å². The number of H-pyrrole nitrogens is 1. The third-order valence-corrected chi connectivity index (χ3v) is 5.19. The molecule has 0 radical (unpaired) electrons. The highest BCUT2D eigenvalue weighted by molar-refractivity contribution is 7.89. The second-order valence-corrected chi connectivity index (χ2v) is 7.43. The van der Waals surface area contributed by atoms with Crippen LogP contribution in [0.5, 0.6) is 0 Å². The summed E-state index contributed by atoms with van der Waals surface area (Å²) in [5, 5.41) is -0.148. The van der Waals surface area contributed by atoms with Crippen molar-refractivity contribution >= 4 is 21.6 Å². The van der Waals surface area contributed by atoms with Gasteiger partial charge in [0.2, 0.25) is 10.0 Å². The molecule has 0 amide bonds. The minimum Gasteiger partial charge on any atom is -0.381 e. The lowest BCUT2D eigenvalue weighted by Gasteiger charge is -2.33. The van der Waals surface area contributed by atoms with Crippen LogP contribution >= 0.6 is 11.6 Å². The molecule has 1 fully saturated rings. The normalized spacial score (nSPS) is 18.9. The Kier molecular flexibility index (Phi) is 4.53. The molecule has 0 aromatic carbocycles. The van der Waals surface area contributed by atoms with Crippen molar-refractivity contribution < 1.29 is 13.2 Å². The third kappa shape index (κ3) is 3.60. The van der Waals surface area contributed by atoms with E-state index in [9.17, 15) is 13.2 Å². The Morgan fingerprint density at radius 3 is 2.70 bits per heavy atom. The molecule has 0 atom stereocenters. The van der Waals surface area contributed by atoms with E-state index in [-0.39, 0.29) is 15.3 Å². The van der Waals surface area contributed by atoms with Crippen LogP contribution in [0.4, 0.5) is 0 Å². The number of rotatable bonds is 4. The molecule has 0 aliphatic carbocycles. The minimum absolute atomic E-state index is 0.0437. The smallest absolute Gasteiger partial charge is 0.266 e. The molecule has 2 heterocycles. The second-order valence-electron chi connectivity index (χ2n) is 5.26. The maximum Gasteiger partial charge on any atom is 0.266 e. The number of hydrogen-bond acceptors (Lipinski definition) is 4. The monoisotopic (exact) mass is 320 g/mol. The van der Waals surface area contributed by atoms with Crippen LogP contribution in [0.1, 0.15) is 19.8 Å². The molecule has 1 aromatic rings. The summed E-state index contributed by atoms with van der Waals surface area (Å²) in [6, 6.07) is 1.15. The Hall–Kier alpha value is -0.890. The van der Waals surface area contributed by atoms with Gasteiger partial charge in [-0.3, -0.25) is 4.79 Å². The van der Waals surface area contributed by atoms with Crippen LogP contribution in [0.15, 0.2) is 22.0 Å². The molecule has 1 saturated heterocycles. The van der Waals surface area contributed by atoms with Crippen molar-refractivity contribution in [3.05, 3.63) is 27.6 Å². The highest BCUT2D eigenvalue weighted by Gasteiger charge is 2.29. The molecule has 2 N–H and O–H groups in total. The molecule has 1 aromatic heterocycles. The summed E-state index contributed by atoms with van der Waals surface area (Å²) in [7, 11) is -3.68. The fourth-order valence-corrected chi connectivity index (χ4v) is 3.42. The molecular weight excluding hydrogens is 304 g/mol. The standard InChI is InChI=1S/C12H17ClN2O4S/c1-12(2-4-19-5-3-12)8-15-20(17,18)9-6-10(13)11(16)14-7-9/h6-7,15H,2-5,8H2,1H3,(H,14,16). The third-order valence-electron chi connectivity index (χ3n) is 3.53. The molecule has 0 spiro atoms. The zero-order valence-corrected chi connectivity index (χ0v) is 12.7. The van der Waals surface area contributed by atoms with Crippen molar-refractivity contribution in [2.45, 2.75) is 24.7 Å². The van der Waals surface area contributed by atoms with Crippen LogP contribution in [-0.2, 0) is 14.8 Å². The number of halogens is 1. The van der Waals surface area contributed by atoms with E-state index >= 15 is 0 Å². The lowest BCUT2D eigenvalue weighted by atomic mass is 9.83. The van der Waals surface area contributed by atoms with Gasteiger partial charge in [0.15, 0.2) is 0 Å². The molecule has 0 unspecified atom stereocenters. The fraction of sp³-hybridized carbons (Fsp3) is 0.583. The van der Waals surface area contributed by atoms with Crippen molar-refractivity contribution in [3.63, 3.8) is 0 Å². The zero-order chi connectivity index (χ0) is 14.8. The summed E-state index contributed by atoms with van der Waals surface area (Å²) in [6.45, 7) is 3.64.